The van der Waals surface area contributed by atoms with E-state index in [0.717, 1.165) is 25.7 Å². The molecule has 2 aliphatic carbocycles. The minimum Gasteiger partial charge on any atom is -0.349 e. The van der Waals surface area contributed by atoms with Crippen molar-refractivity contribution >= 4 is 18.3 Å². The second-order valence-corrected chi connectivity index (χ2v) is 6.82. The second kappa shape index (κ2) is 7.01. The van der Waals surface area contributed by atoms with Crippen molar-refractivity contribution in [3.05, 3.63) is 27.2 Å². The van der Waals surface area contributed by atoms with Gasteiger partial charge < -0.3 is 11.1 Å². The van der Waals surface area contributed by atoms with Gasteiger partial charge in [-0.05, 0) is 56.9 Å². The molecule has 0 radical (unpaired) electrons. The number of aryl methyl sites for hydroxylation is 1. The third-order valence-electron chi connectivity index (χ3n) is 5.37. The Balaban J connectivity index is 0.00000192. The number of aromatic nitrogens is 2. The molecule has 2 atom stereocenters. The highest BCUT2D eigenvalue weighted by Gasteiger charge is 2.40. The highest BCUT2D eigenvalue weighted by Crippen LogP contribution is 2.39. The molecule has 0 aromatic carbocycles. The maximum absolute atomic E-state index is 12.6. The van der Waals surface area contributed by atoms with Crippen LogP contribution in [0.15, 0.2) is 4.79 Å². The summed E-state index contributed by atoms with van der Waals surface area (Å²) in [5, 5.41) is 9.42. The Hall–Kier alpha value is -1.40. The molecule has 0 aliphatic heterocycles. The van der Waals surface area contributed by atoms with Crippen molar-refractivity contribution in [2.45, 2.75) is 58.0 Å². The number of nitrogens with zero attached hydrogens (tertiary/aromatic N) is 1. The normalized spacial score (nSPS) is 29.5. The number of hydrogen-bond acceptors (Lipinski definition) is 4. The molecule has 128 valence electrons. The third kappa shape index (κ3) is 3.43. The van der Waals surface area contributed by atoms with Crippen LogP contribution < -0.4 is 16.6 Å². The van der Waals surface area contributed by atoms with Crippen molar-refractivity contribution in [2.24, 2.45) is 17.6 Å². The molecule has 1 aromatic heterocycles. The summed E-state index contributed by atoms with van der Waals surface area (Å²) in [7, 11) is 0. The summed E-state index contributed by atoms with van der Waals surface area (Å²) in [6.07, 6.45) is 5.36. The van der Waals surface area contributed by atoms with Crippen LogP contribution in [0.1, 0.15) is 53.7 Å². The molecule has 1 heterocycles. The zero-order chi connectivity index (χ0) is 15.9. The van der Waals surface area contributed by atoms with Crippen LogP contribution in [0.25, 0.3) is 0 Å². The van der Waals surface area contributed by atoms with E-state index in [1.807, 2.05) is 0 Å². The summed E-state index contributed by atoms with van der Waals surface area (Å²) in [6.45, 7) is 3.56. The van der Waals surface area contributed by atoms with Gasteiger partial charge in [-0.2, -0.15) is 5.10 Å². The van der Waals surface area contributed by atoms with E-state index in [-0.39, 0.29) is 36.0 Å². The predicted octanol–water partition coefficient (Wildman–Crippen LogP) is 1.44. The largest absolute Gasteiger partial charge is 0.349 e. The van der Waals surface area contributed by atoms with E-state index in [0.29, 0.717) is 23.1 Å². The molecule has 1 aromatic rings. The number of rotatable bonds is 2. The fraction of sp³-hybridized carbons (Fsp3) is 0.688. The summed E-state index contributed by atoms with van der Waals surface area (Å²) >= 11 is 0. The molecular formula is C16H25ClN4O2. The maximum Gasteiger partial charge on any atom is 0.277 e. The lowest BCUT2D eigenvalue weighted by Crippen LogP contribution is -2.54. The summed E-state index contributed by atoms with van der Waals surface area (Å²) in [5.74, 6) is 0.601. The predicted molar refractivity (Wildman–Crippen MR) is 90.9 cm³/mol. The maximum atomic E-state index is 12.6. The first-order valence-corrected chi connectivity index (χ1v) is 8.09. The molecule has 6 nitrogen and oxygen atoms in total. The number of H-pyrrole nitrogens is 1. The lowest BCUT2D eigenvalue weighted by atomic mass is 9.67. The van der Waals surface area contributed by atoms with Crippen LogP contribution in [0.3, 0.4) is 0 Å². The lowest BCUT2D eigenvalue weighted by molar-refractivity contribution is 0.0753. The average molecular weight is 341 g/mol. The zero-order valence-corrected chi connectivity index (χ0v) is 14.4. The van der Waals surface area contributed by atoms with Crippen molar-refractivity contribution in [3.63, 3.8) is 0 Å². The average Bonchev–Trinajstić information content (AvgIpc) is 2.44. The van der Waals surface area contributed by atoms with E-state index < -0.39 is 5.56 Å². The minimum atomic E-state index is -0.418. The van der Waals surface area contributed by atoms with E-state index >= 15 is 0 Å². The van der Waals surface area contributed by atoms with E-state index in [4.69, 9.17) is 5.73 Å². The second-order valence-electron chi connectivity index (χ2n) is 6.82. The third-order valence-corrected chi connectivity index (χ3v) is 5.37. The lowest BCUT2D eigenvalue weighted by Gasteiger charge is -2.45. The molecule has 2 unspecified atom stereocenters. The number of nitrogens with two attached hydrogens (primary N) is 1. The number of fused-ring (bicyclic) bond motifs is 2. The van der Waals surface area contributed by atoms with E-state index in [2.05, 4.69) is 15.5 Å². The van der Waals surface area contributed by atoms with Crippen LogP contribution in [-0.2, 0) is 0 Å². The Labute approximate surface area is 142 Å². The number of amides is 1. The summed E-state index contributed by atoms with van der Waals surface area (Å²) in [6, 6.07) is 0.394. The molecule has 7 heteroatoms. The molecule has 2 saturated carbocycles. The Kier molecular flexibility index (Phi) is 5.47. The molecule has 4 N–H and O–H groups in total. The fourth-order valence-electron chi connectivity index (χ4n) is 4.15. The first-order chi connectivity index (χ1) is 10.5. The van der Waals surface area contributed by atoms with Crippen LogP contribution >= 0.6 is 12.4 Å². The van der Waals surface area contributed by atoms with Gasteiger partial charge in [-0.3, -0.25) is 9.59 Å². The number of hydrogen-bond donors (Lipinski definition) is 3. The highest BCUT2D eigenvalue weighted by molar-refractivity contribution is 5.95. The smallest absolute Gasteiger partial charge is 0.277 e. The van der Waals surface area contributed by atoms with Gasteiger partial charge in [0.25, 0.3) is 11.5 Å². The highest BCUT2D eigenvalue weighted by atomic mass is 35.5. The van der Waals surface area contributed by atoms with Crippen molar-refractivity contribution in [2.75, 3.05) is 0 Å². The molecule has 0 spiro atoms. The Morgan fingerprint density at radius 1 is 1.26 bits per heavy atom. The van der Waals surface area contributed by atoms with Crippen molar-refractivity contribution < 1.29 is 4.79 Å². The molecule has 2 aliphatic rings. The van der Waals surface area contributed by atoms with Crippen LogP contribution in [0, 0.1) is 25.7 Å². The number of nitrogens with one attached hydrogen (secondary N) is 2. The Morgan fingerprint density at radius 3 is 2.48 bits per heavy atom. The van der Waals surface area contributed by atoms with Crippen molar-refractivity contribution in [1.82, 2.24) is 15.5 Å². The zero-order valence-electron chi connectivity index (χ0n) is 13.6. The van der Waals surface area contributed by atoms with Gasteiger partial charge in [0.2, 0.25) is 0 Å². The number of halogens is 1. The van der Waals surface area contributed by atoms with E-state index in [9.17, 15) is 9.59 Å². The molecule has 3 rings (SSSR count). The quantitative estimate of drug-likeness (QED) is 0.758. The Morgan fingerprint density at radius 2 is 1.87 bits per heavy atom. The Bertz CT molecular complexity index is 631. The molecule has 0 saturated heterocycles. The monoisotopic (exact) mass is 340 g/mol. The van der Waals surface area contributed by atoms with Gasteiger partial charge in [0.1, 0.15) is 5.56 Å². The van der Waals surface area contributed by atoms with Gasteiger partial charge in [0.05, 0.1) is 5.69 Å². The van der Waals surface area contributed by atoms with Gasteiger partial charge in [0.15, 0.2) is 0 Å². The number of carbonyl (C=O) groups excluding carboxylic acids is 1. The van der Waals surface area contributed by atoms with Crippen LogP contribution in [-0.4, -0.2) is 28.2 Å². The van der Waals surface area contributed by atoms with Gasteiger partial charge in [-0.1, -0.05) is 6.42 Å². The summed E-state index contributed by atoms with van der Waals surface area (Å²) in [4.78, 5) is 24.6. The standard InChI is InChI=1S/C16H24N4O2.ClH/c1-8-9(2)19-20-16(22)13(8)15(21)18-14-10-4-3-5-11(14)7-12(17)6-10;/h10-12,14H,3-7,17H2,1-2H3,(H,18,21)(H,20,22);1H. The molecule has 2 fully saturated rings. The summed E-state index contributed by atoms with van der Waals surface area (Å²) in [5.41, 5.74) is 7.23. The van der Waals surface area contributed by atoms with Gasteiger partial charge in [-0.25, -0.2) is 5.10 Å². The fourth-order valence-corrected chi connectivity index (χ4v) is 4.15. The van der Waals surface area contributed by atoms with Crippen molar-refractivity contribution in [1.29, 1.82) is 0 Å². The van der Waals surface area contributed by atoms with Crippen LogP contribution in [0.2, 0.25) is 0 Å². The molecule has 2 bridgehead atoms. The number of carbonyl (C=O) groups is 1. The number of aromatic amines is 1. The molecule has 1 amide bonds. The van der Waals surface area contributed by atoms with Crippen molar-refractivity contribution in [3.8, 4) is 0 Å². The topological polar surface area (TPSA) is 101 Å². The minimum absolute atomic E-state index is 0. The SMILES string of the molecule is Cc1n[nH]c(=O)c(C(=O)NC2C3CCCC2CC(N)C3)c1C.Cl. The van der Waals surface area contributed by atoms with E-state index in [1.165, 1.54) is 6.42 Å². The van der Waals surface area contributed by atoms with Crippen LogP contribution in [0.5, 0.6) is 0 Å². The van der Waals surface area contributed by atoms with E-state index in [1.54, 1.807) is 13.8 Å². The summed E-state index contributed by atoms with van der Waals surface area (Å²) < 4.78 is 0. The van der Waals surface area contributed by atoms with Gasteiger partial charge in [-0.15, -0.1) is 12.4 Å². The van der Waals surface area contributed by atoms with Gasteiger partial charge >= 0.3 is 0 Å². The first-order valence-electron chi connectivity index (χ1n) is 8.09. The molecule has 23 heavy (non-hydrogen) atoms. The van der Waals surface area contributed by atoms with Gasteiger partial charge in [0, 0.05) is 12.1 Å². The first kappa shape index (κ1) is 17.9. The molecular weight excluding hydrogens is 316 g/mol. The van der Waals surface area contributed by atoms with Crippen LogP contribution in [0.4, 0.5) is 0 Å².